The van der Waals surface area contributed by atoms with Gasteiger partial charge < -0.3 is 56.9 Å². The Morgan fingerprint density at radius 3 is 1.01 bits per heavy atom. The van der Waals surface area contributed by atoms with Crippen molar-refractivity contribution < 1.29 is 48.2 Å². The van der Waals surface area contributed by atoms with E-state index in [-0.39, 0.29) is 90.4 Å². The highest BCUT2D eigenvalue weighted by Crippen LogP contribution is 2.35. The highest BCUT2D eigenvalue weighted by molar-refractivity contribution is 6.38. The molecule has 0 radical (unpaired) electrons. The van der Waals surface area contributed by atoms with Gasteiger partial charge in [0, 0.05) is 131 Å². The number of benzene rings is 8. The number of ether oxygens (including phenoxy) is 1. The lowest BCUT2D eigenvalue weighted by molar-refractivity contribution is 0.0771. The van der Waals surface area contributed by atoms with Crippen LogP contribution in [0, 0.1) is 0 Å². The Kier molecular flexibility index (Phi) is 35.0. The maximum absolute atomic E-state index is 12.8. The Morgan fingerprint density at radius 2 is 0.715 bits per heavy atom. The lowest BCUT2D eigenvalue weighted by atomic mass is 10.0. The second kappa shape index (κ2) is 46.0. The van der Waals surface area contributed by atoms with Gasteiger partial charge in [-0.3, -0.25) is 58.3 Å². The minimum atomic E-state index is -0.662. The molecule has 4 aromatic heterocycles. The molecule has 12 aromatic rings. The van der Waals surface area contributed by atoms with Crippen molar-refractivity contribution in [3.8, 4) is 45.0 Å². The summed E-state index contributed by atoms with van der Waals surface area (Å²) in [5.41, 5.74) is 10.3. The number of anilines is 4. The molecular weight excluding hydrogens is 1730 g/mol. The molecular formula is C92H83Cl8N13O10. The van der Waals surface area contributed by atoms with Crippen molar-refractivity contribution in [3.05, 3.63) is 328 Å². The van der Waals surface area contributed by atoms with Crippen molar-refractivity contribution in [2.24, 2.45) is 0 Å². The number of aliphatic hydroxyl groups is 1. The zero-order valence-electron chi connectivity index (χ0n) is 66.9. The molecule has 1 aliphatic rings. The quantitative estimate of drug-likeness (QED) is 0.0261. The number of pyridine rings is 4. The number of halogens is 8. The van der Waals surface area contributed by atoms with Gasteiger partial charge in [0.1, 0.15) is 0 Å². The summed E-state index contributed by atoms with van der Waals surface area (Å²) in [6, 6.07) is 61.1. The fourth-order valence-corrected chi connectivity index (χ4v) is 14.2. The largest absolute Gasteiger partial charge is 0.392 e. The van der Waals surface area contributed by atoms with Crippen molar-refractivity contribution in [2.45, 2.75) is 45.8 Å². The van der Waals surface area contributed by atoms with Crippen LogP contribution in [0.25, 0.3) is 45.0 Å². The van der Waals surface area contributed by atoms with E-state index < -0.39 is 17.9 Å². The summed E-state index contributed by atoms with van der Waals surface area (Å²) in [6.07, 6.45) is 7.86. The molecule has 0 unspecified atom stereocenters. The van der Waals surface area contributed by atoms with E-state index in [0.29, 0.717) is 136 Å². The molecule has 0 saturated carbocycles. The molecule has 0 spiro atoms. The molecule has 1 saturated heterocycles. The average molecular weight is 1810 g/mol. The lowest BCUT2D eigenvalue weighted by Crippen LogP contribution is -2.43. The van der Waals surface area contributed by atoms with Crippen molar-refractivity contribution >= 4 is 163 Å². The van der Waals surface area contributed by atoms with E-state index in [1.807, 2.05) is 80.6 Å². The van der Waals surface area contributed by atoms with Crippen LogP contribution < -0.4 is 37.2 Å². The number of nitrogens with one attached hydrogen (secondary N) is 7. The van der Waals surface area contributed by atoms with E-state index in [0.717, 1.165) is 25.9 Å². The number of carbonyl (C=O) groups is 8. The van der Waals surface area contributed by atoms with Crippen molar-refractivity contribution in [3.63, 3.8) is 0 Å². The number of nitrogens with zero attached hydrogens (tertiary/aromatic N) is 6. The maximum atomic E-state index is 12.8. The normalized spacial score (nSPS) is 11.9. The molecule has 1 atom stereocenters. The summed E-state index contributed by atoms with van der Waals surface area (Å²) in [5, 5.41) is 31.7. The van der Waals surface area contributed by atoms with Gasteiger partial charge in [0.15, 0.2) is 0 Å². The van der Waals surface area contributed by atoms with E-state index in [9.17, 15) is 43.5 Å². The van der Waals surface area contributed by atoms with Gasteiger partial charge in [0.05, 0.1) is 97.9 Å². The molecule has 8 N–H and O–H groups in total. The van der Waals surface area contributed by atoms with Crippen LogP contribution in [0.1, 0.15) is 116 Å². The number of hydrogen-bond donors (Lipinski definition) is 8. The van der Waals surface area contributed by atoms with E-state index in [1.54, 1.807) is 153 Å². The van der Waals surface area contributed by atoms with Gasteiger partial charge in [0.25, 0.3) is 47.3 Å². The van der Waals surface area contributed by atoms with Gasteiger partial charge in [-0.1, -0.05) is 117 Å². The Labute approximate surface area is 751 Å². The molecule has 8 amide bonds. The molecule has 632 valence electrons. The van der Waals surface area contributed by atoms with Gasteiger partial charge >= 0.3 is 0 Å². The van der Waals surface area contributed by atoms with Crippen LogP contribution in [0.5, 0.6) is 0 Å². The van der Waals surface area contributed by atoms with Crippen LogP contribution in [-0.2, 0) is 4.74 Å². The number of hydrogen-bond acceptors (Lipinski definition) is 15. The van der Waals surface area contributed by atoms with Crippen LogP contribution in [-0.4, -0.2) is 154 Å². The Bertz CT molecular complexity index is 5760. The molecule has 0 aliphatic carbocycles. The first-order chi connectivity index (χ1) is 59.2. The lowest BCUT2D eigenvalue weighted by Gasteiger charge is -2.29. The SMILES string of the molecule is CCN(CC)C(=O)c1ccc(C(=O)Nc2ccc(Cl)c(-c3ccccn3)c2)c(Cl)c1.CN1CCC(NC(=O)c2ccc(C(=O)Nc3ccc(Cl)c(-c4ccccn4)c3)c(Cl)c2)CC1.COCCNC(=O)c1ccc(C(=O)Nc2ccc(Cl)c(-c3ccccn3)c2)c(Cl)c1.C[C@H](O)CNC(=O)c1ccc(C(=O)Nc2ccc(Cl)c(-c3ccccn3)c2)c(Cl)c1. The molecule has 1 aliphatic heterocycles. The third kappa shape index (κ3) is 26.7. The van der Waals surface area contributed by atoms with E-state index in [4.69, 9.17) is 97.5 Å². The van der Waals surface area contributed by atoms with Crippen LogP contribution in [0.15, 0.2) is 243 Å². The zero-order chi connectivity index (χ0) is 88.2. The summed E-state index contributed by atoms with van der Waals surface area (Å²) < 4.78 is 4.90. The Balaban J connectivity index is 0.000000172. The van der Waals surface area contributed by atoms with Gasteiger partial charge in [-0.2, -0.15) is 0 Å². The monoisotopic (exact) mass is 1810 g/mol. The number of carbonyl (C=O) groups excluding carboxylic acids is 8. The van der Waals surface area contributed by atoms with Gasteiger partial charge in [0.2, 0.25) is 0 Å². The Hall–Kier alpha value is -11.7. The number of likely N-dealkylation sites (tertiary alicyclic amines) is 1. The number of methoxy groups -OCH3 is 1. The minimum absolute atomic E-state index is 0.119. The van der Waals surface area contributed by atoms with Gasteiger partial charge in [-0.05, 0) is 248 Å². The third-order valence-electron chi connectivity index (χ3n) is 18.8. The standard InChI is InChI=1S/C25H24Cl2N4O2.C23H21Cl2N3O2.2C22H19Cl2N3O3/c1-31-12-9-17(10-13-31)29-24(32)16-5-7-19(22(27)14-16)25(33)30-18-6-8-21(26)20(15-18)23-4-2-3-11-28-23;1-3-28(4-2)23(30)15-8-10-17(20(25)13-15)22(29)27-16-9-11-19(24)18(14-16)21-7-5-6-12-26-21;1-13(28)12-26-21(29)14-5-7-16(19(24)10-14)22(30)27-15-6-8-18(23)17(11-15)20-4-2-3-9-25-20;1-30-11-10-26-21(28)14-5-7-16(19(24)12-14)22(29)27-15-6-8-18(23)17(13-15)20-4-2-3-9-25-20/h2-8,11,14-15,17H,9-10,12-13H2,1H3,(H,29,32)(H,30,33);5-14H,3-4H2,1-2H3,(H,27,29);2-11,13,28H,12H2,1H3,(H,26,29)(H,27,30);2-9,12-13H,10-11H2,1H3,(H,26,28)(H,27,29)/t;;13-;/m..0./s1. The summed E-state index contributed by atoms with van der Waals surface area (Å²) in [6.45, 7) is 9.41. The summed E-state index contributed by atoms with van der Waals surface area (Å²) in [5.74, 6) is -2.57. The topological polar surface area (TPSA) is 308 Å². The number of amides is 8. The molecule has 1 fully saturated rings. The zero-order valence-corrected chi connectivity index (χ0v) is 73.0. The van der Waals surface area contributed by atoms with Crippen LogP contribution in [0.3, 0.4) is 0 Å². The first kappa shape index (κ1) is 93.6. The average Bonchev–Trinajstić information content (AvgIpc) is 0.813. The molecule has 123 heavy (non-hydrogen) atoms. The predicted octanol–water partition coefficient (Wildman–Crippen LogP) is 20.0. The highest BCUT2D eigenvalue weighted by Gasteiger charge is 2.24. The van der Waals surface area contributed by atoms with Crippen molar-refractivity contribution in [2.75, 3.05) is 81.3 Å². The fraction of sp³-hybridized carbons (Fsp3) is 0.174. The first-order valence-electron chi connectivity index (χ1n) is 38.5. The van der Waals surface area contributed by atoms with E-state index in [2.05, 4.69) is 69.1 Å². The molecule has 8 aromatic carbocycles. The third-order valence-corrected chi connectivity index (χ3v) is 21.4. The fourth-order valence-electron chi connectivity index (χ4n) is 12.3. The maximum Gasteiger partial charge on any atom is 0.257 e. The van der Waals surface area contributed by atoms with E-state index in [1.165, 1.54) is 42.5 Å². The molecule has 23 nitrogen and oxygen atoms in total. The Morgan fingerprint density at radius 1 is 0.407 bits per heavy atom. The van der Waals surface area contributed by atoms with Crippen LogP contribution in [0.4, 0.5) is 22.7 Å². The summed E-state index contributed by atoms with van der Waals surface area (Å²) in [7, 11) is 3.63. The number of aliphatic hydroxyl groups excluding tert-OH is 1. The predicted molar refractivity (Wildman–Crippen MR) is 490 cm³/mol. The molecule has 5 heterocycles. The molecule has 13 rings (SSSR count). The summed E-state index contributed by atoms with van der Waals surface area (Å²) in [4.78, 5) is 121. The molecule has 0 bridgehead atoms. The highest BCUT2D eigenvalue weighted by atomic mass is 35.5. The number of rotatable bonds is 24. The number of piperidine rings is 1. The van der Waals surface area contributed by atoms with Crippen molar-refractivity contribution in [1.82, 2.24) is 45.7 Å². The second-order valence-electron chi connectivity index (χ2n) is 27.6. The van der Waals surface area contributed by atoms with Crippen LogP contribution >= 0.6 is 92.8 Å². The minimum Gasteiger partial charge on any atom is -0.392 e. The van der Waals surface area contributed by atoms with Crippen LogP contribution in [0.2, 0.25) is 40.2 Å². The number of aromatic nitrogens is 4. The smallest absolute Gasteiger partial charge is 0.257 e. The van der Waals surface area contributed by atoms with Crippen molar-refractivity contribution in [1.29, 1.82) is 0 Å². The van der Waals surface area contributed by atoms with E-state index >= 15 is 0 Å². The first-order valence-corrected chi connectivity index (χ1v) is 41.5. The second-order valence-corrected chi connectivity index (χ2v) is 30.8. The van der Waals surface area contributed by atoms with Gasteiger partial charge in [-0.25, -0.2) is 0 Å². The summed E-state index contributed by atoms with van der Waals surface area (Å²) >= 11 is 50.3. The molecule has 31 heteroatoms. The van der Waals surface area contributed by atoms with Gasteiger partial charge in [-0.15, -0.1) is 0 Å².